The molecule has 0 radical (unpaired) electrons. The Morgan fingerprint density at radius 3 is 2.67 bits per heavy atom. The molecule has 1 unspecified atom stereocenters. The average molecular weight is 342 g/mol. The summed E-state index contributed by atoms with van der Waals surface area (Å²) in [6, 6.07) is 13.2. The van der Waals surface area contributed by atoms with Crippen molar-refractivity contribution in [1.29, 1.82) is 0 Å². The molecule has 24 heavy (non-hydrogen) atoms. The number of carbonyl (C=O) groups is 2. The molecule has 5 nitrogen and oxygen atoms in total. The molecule has 6 heteroatoms. The van der Waals surface area contributed by atoms with E-state index in [0.717, 1.165) is 25.3 Å². The van der Waals surface area contributed by atoms with Crippen LogP contribution in [0.3, 0.4) is 0 Å². The Labute approximate surface area is 144 Å². The molecule has 1 N–H and O–H groups in total. The largest absolute Gasteiger partial charge is 0.477 e. The Bertz CT molecular complexity index is 719. The van der Waals surface area contributed by atoms with Crippen LogP contribution in [-0.4, -0.2) is 45.7 Å². The van der Waals surface area contributed by atoms with Crippen LogP contribution < -0.4 is 0 Å². The molecule has 2 heterocycles. The summed E-state index contributed by atoms with van der Waals surface area (Å²) in [6.45, 7) is 1.47. The third kappa shape index (κ3) is 3.94. The number of carboxylic acid groups (broad SMARTS) is 1. The Kier molecular flexibility index (Phi) is 5.15. The number of aromatic nitrogens is 1. The van der Waals surface area contributed by atoms with E-state index in [-0.39, 0.29) is 11.6 Å². The predicted molar refractivity (Wildman–Crippen MR) is 92.4 cm³/mol. The first-order chi connectivity index (χ1) is 11.6. The van der Waals surface area contributed by atoms with Gasteiger partial charge in [0.05, 0.1) is 5.56 Å². The Balaban J connectivity index is 1.54. The number of carboxylic acids is 1. The molecule has 1 aromatic heterocycles. The van der Waals surface area contributed by atoms with Crippen molar-refractivity contribution in [3.8, 4) is 0 Å². The van der Waals surface area contributed by atoms with Gasteiger partial charge in [-0.15, -0.1) is 11.8 Å². The fraction of sp³-hybridized carbons (Fsp3) is 0.278. The Morgan fingerprint density at radius 1 is 1.21 bits per heavy atom. The van der Waals surface area contributed by atoms with E-state index in [9.17, 15) is 9.59 Å². The smallest absolute Gasteiger partial charge is 0.354 e. The summed E-state index contributed by atoms with van der Waals surface area (Å²) in [7, 11) is 0. The van der Waals surface area contributed by atoms with Gasteiger partial charge in [-0.1, -0.05) is 18.2 Å². The standard InChI is InChI=1S/C18H18N2O3S/c21-17(14-6-7-16(18(22)23)19-10-14)20-9-8-13(11-20)12-24-15-4-2-1-3-5-15/h1-7,10,13H,8-9,11-12H2,(H,22,23). The van der Waals surface area contributed by atoms with Crippen LogP contribution in [0, 0.1) is 5.92 Å². The number of hydrogen-bond acceptors (Lipinski definition) is 4. The molecule has 1 atom stereocenters. The topological polar surface area (TPSA) is 70.5 Å². The minimum Gasteiger partial charge on any atom is -0.477 e. The van der Waals surface area contributed by atoms with E-state index in [0.29, 0.717) is 11.5 Å². The molecule has 1 fully saturated rings. The first kappa shape index (κ1) is 16.5. The molecule has 124 valence electrons. The highest BCUT2D eigenvalue weighted by atomic mass is 32.2. The van der Waals surface area contributed by atoms with E-state index < -0.39 is 5.97 Å². The molecular formula is C18H18N2O3S. The second-order valence-electron chi connectivity index (χ2n) is 5.77. The number of benzene rings is 1. The van der Waals surface area contributed by atoms with E-state index in [4.69, 9.17) is 5.11 Å². The fourth-order valence-electron chi connectivity index (χ4n) is 2.71. The summed E-state index contributed by atoms with van der Waals surface area (Å²) in [5.41, 5.74) is 0.390. The second-order valence-corrected chi connectivity index (χ2v) is 6.86. The van der Waals surface area contributed by atoms with Gasteiger partial charge in [-0.25, -0.2) is 9.78 Å². The van der Waals surface area contributed by atoms with Crippen molar-refractivity contribution in [2.75, 3.05) is 18.8 Å². The van der Waals surface area contributed by atoms with E-state index in [1.807, 2.05) is 34.9 Å². The molecule has 0 saturated carbocycles. The van der Waals surface area contributed by atoms with Crippen molar-refractivity contribution in [2.24, 2.45) is 5.92 Å². The van der Waals surface area contributed by atoms with Crippen LogP contribution in [-0.2, 0) is 0 Å². The van der Waals surface area contributed by atoms with Gasteiger partial charge in [0.15, 0.2) is 0 Å². The number of likely N-dealkylation sites (tertiary alicyclic amines) is 1. The maximum absolute atomic E-state index is 12.5. The maximum Gasteiger partial charge on any atom is 0.354 e. The number of rotatable bonds is 5. The van der Waals surface area contributed by atoms with Gasteiger partial charge in [-0.3, -0.25) is 4.79 Å². The lowest BCUT2D eigenvalue weighted by Crippen LogP contribution is -2.29. The van der Waals surface area contributed by atoms with Crippen LogP contribution >= 0.6 is 11.8 Å². The number of aromatic carboxylic acids is 1. The van der Waals surface area contributed by atoms with E-state index in [1.54, 1.807) is 0 Å². The van der Waals surface area contributed by atoms with Gasteiger partial charge in [0, 0.05) is 29.9 Å². The fourth-order valence-corrected chi connectivity index (χ4v) is 3.76. The van der Waals surface area contributed by atoms with Gasteiger partial charge < -0.3 is 10.0 Å². The summed E-state index contributed by atoms with van der Waals surface area (Å²) >= 11 is 1.82. The lowest BCUT2D eigenvalue weighted by molar-refractivity contribution is 0.0688. The van der Waals surface area contributed by atoms with Crippen LogP contribution in [0.25, 0.3) is 0 Å². The van der Waals surface area contributed by atoms with Gasteiger partial charge in [0.2, 0.25) is 0 Å². The summed E-state index contributed by atoms with van der Waals surface area (Å²) in [4.78, 5) is 30.2. The Hall–Kier alpha value is -2.34. The Morgan fingerprint density at radius 2 is 2.00 bits per heavy atom. The van der Waals surface area contributed by atoms with Crippen molar-refractivity contribution in [3.63, 3.8) is 0 Å². The molecule has 1 aromatic carbocycles. The highest BCUT2D eigenvalue weighted by Gasteiger charge is 2.27. The van der Waals surface area contributed by atoms with Gasteiger partial charge in [-0.05, 0) is 36.6 Å². The van der Waals surface area contributed by atoms with E-state index in [2.05, 4.69) is 17.1 Å². The average Bonchev–Trinajstić information content (AvgIpc) is 3.09. The van der Waals surface area contributed by atoms with Gasteiger partial charge in [0.1, 0.15) is 5.69 Å². The van der Waals surface area contributed by atoms with Crippen LogP contribution in [0.5, 0.6) is 0 Å². The lowest BCUT2D eigenvalue weighted by Gasteiger charge is -2.16. The van der Waals surface area contributed by atoms with E-state index in [1.165, 1.54) is 23.2 Å². The first-order valence-corrected chi connectivity index (χ1v) is 8.78. The molecule has 2 aromatic rings. The quantitative estimate of drug-likeness (QED) is 0.846. The van der Waals surface area contributed by atoms with Gasteiger partial charge in [0.25, 0.3) is 5.91 Å². The lowest BCUT2D eigenvalue weighted by atomic mass is 10.2. The molecule has 1 aliphatic rings. The van der Waals surface area contributed by atoms with Crippen molar-refractivity contribution in [3.05, 3.63) is 59.9 Å². The molecule has 0 spiro atoms. The highest BCUT2D eigenvalue weighted by molar-refractivity contribution is 7.99. The van der Waals surface area contributed by atoms with Crippen molar-refractivity contribution < 1.29 is 14.7 Å². The molecule has 1 saturated heterocycles. The molecule has 0 bridgehead atoms. The monoisotopic (exact) mass is 342 g/mol. The van der Waals surface area contributed by atoms with Crippen molar-refractivity contribution in [2.45, 2.75) is 11.3 Å². The summed E-state index contributed by atoms with van der Waals surface area (Å²) in [5.74, 6) is 0.300. The maximum atomic E-state index is 12.5. The summed E-state index contributed by atoms with van der Waals surface area (Å²) < 4.78 is 0. The number of hydrogen-bond donors (Lipinski definition) is 1. The zero-order chi connectivity index (χ0) is 16.9. The molecule has 3 rings (SSSR count). The molecule has 1 aliphatic heterocycles. The minimum absolute atomic E-state index is 0.0508. The zero-order valence-corrected chi connectivity index (χ0v) is 13.9. The predicted octanol–water partition coefficient (Wildman–Crippen LogP) is 3.03. The third-order valence-corrected chi connectivity index (χ3v) is 5.28. The number of nitrogens with zero attached hydrogens (tertiary/aromatic N) is 2. The van der Waals surface area contributed by atoms with Crippen LogP contribution in [0.1, 0.15) is 27.3 Å². The SMILES string of the molecule is O=C(O)c1ccc(C(=O)N2CCC(CSc3ccccc3)C2)cn1. The molecular weight excluding hydrogens is 324 g/mol. The number of thioether (sulfide) groups is 1. The van der Waals surface area contributed by atoms with Crippen molar-refractivity contribution in [1.82, 2.24) is 9.88 Å². The number of carbonyl (C=O) groups excluding carboxylic acids is 1. The van der Waals surface area contributed by atoms with Gasteiger partial charge >= 0.3 is 5.97 Å². The van der Waals surface area contributed by atoms with Gasteiger partial charge in [-0.2, -0.15) is 0 Å². The minimum atomic E-state index is -1.09. The van der Waals surface area contributed by atoms with Crippen molar-refractivity contribution >= 4 is 23.6 Å². The summed E-state index contributed by atoms with van der Waals surface area (Å²) in [5, 5.41) is 8.85. The molecule has 0 aliphatic carbocycles. The normalized spacial score (nSPS) is 17.0. The van der Waals surface area contributed by atoms with E-state index >= 15 is 0 Å². The summed E-state index contributed by atoms with van der Waals surface area (Å²) in [6.07, 6.45) is 2.34. The number of amides is 1. The highest BCUT2D eigenvalue weighted by Crippen LogP contribution is 2.26. The molecule has 1 amide bonds. The zero-order valence-electron chi connectivity index (χ0n) is 13.1. The number of pyridine rings is 1. The first-order valence-electron chi connectivity index (χ1n) is 7.80. The van der Waals surface area contributed by atoms with Crippen LogP contribution in [0.4, 0.5) is 0 Å². The third-order valence-electron chi connectivity index (χ3n) is 4.03. The van der Waals surface area contributed by atoms with Crippen LogP contribution in [0.15, 0.2) is 53.6 Å². The van der Waals surface area contributed by atoms with Crippen LogP contribution in [0.2, 0.25) is 0 Å². The second kappa shape index (κ2) is 7.49.